The van der Waals surface area contributed by atoms with E-state index in [2.05, 4.69) is 38.0 Å². The summed E-state index contributed by atoms with van der Waals surface area (Å²) in [4.78, 5) is 13.9. The van der Waals surface area contributed by atoms with Gasteiger partial charge in [-0.1, -0.05) is 12.1 Å². The second-order valence-corrected chi connectivity index (χ2v) is 6.08. The van der Waals surface area contributed by atoms with E-state index in [1.54, 1.807) is 0 Å². The lowest BCUT2D eigenvalue weighted by Crippen LogP contribution is -2.45. The van der Waals surface area contributed by atoms with Crippen LogP contribution in [-0.2, 0) is 13.1 Å². The van der Waals surface area contributed by atoms with Crippen LogP contribution in [0.2, 0.25) is 0 Å². The molecule has 0 aromatic carbocycles. The summed E-state index contributed by atoms with van der Waals surface area (Å²) in [5.41, 5.74) is 2.50. The Kier molecular flexibility index (Phi) is 3.41. The highest BCUT2D eigenvalue weighted by atomic mass is 15.3. The summed E-state index contributed by atoms with van der Waals surface area (Å²) >= 11 is 0. The molecule has 0 aliphatic carbocycles. The van der Waals surface area contributed by atoms with Crippen molar-refractivity contribution in [2.75, 3.05) is 13.1 Å². The summed E-state index contributed by atoms with van der Waals surface area (Å²) in [6.07, 6.45) is 7.01. The van der Waals surface area contributed by atoms with Crippen molar-refractivity contribution in [3.63, 3.8) is 0 Å². The average Bonchev–Trinajstić information content (AvgIpc) is 3.09. The largest absolute Gasteiger partial charge is 0.293 e. The molecule has 0 saturated carbocycles. The molecule has 0 N–H and O–H groups in total. The highest BCUT2D eigenvalue weighted by molar-refractivity contribution is 5.11. The zero-order valence-electron chi connectivity index (χ0n) is 12.1. The molecular formula is C17H20N4. The Hall–Kier alpha value is -1.78. The van der Waals surface area contributed by atoms with Gasteiger partial charge in [0.1, 0.15) is 0 Å². The number of piperazine rings is 1. The monoisotopic (exact) mass is 280 g/mol. The van der Waals surface area contributed by atoms with Crippen LogP contribution in [0.4, 0.5) is 0 Å². The number of pyridine rings is 2. The molecule has 0 amide bonds. The number of nitrogens with zero attached hydrogens (tertiary/aromatic N) is 4. The number of fused-ring (bicyclic) bond motifs is 2. The van der Waals surface area contributed by atoms with Crippen LogP contribution in [0.15, 0.2) is 48.9 Å². The normalized spacial score (nSPS) is 25.5. The molecule has 2 unspecified atom stereocenters. The Balaban J connectivity index is 1.37. The first-order valence-electron chi connectivity index (χ1n) is 7.65. The smallest absolute Gasteiger partial charge is 0.0544 e. The second-order valence-electron chi connectivity index (χ2n) is 6.08. The summed E-state index contributed by atoms with van der Waals surface area (Å²) in [5.74, 6) is 0. The van der Waals surface area contributed by atoms with E-state index in [1.807, 2.05) is 30.7 Å². The van der Waals surface area contributed by atoms with E-state index < -0.39 is 0 Å². The minimum atomic E-state index is 0.689. The fourth-order valence-electron chi connectivity index (χ4n) is 3.64. The molecule has 0 spiro atoms. The second kappa shape index (κ2) is 5.54. The maximum Gasteiger partial charge on any atom is 0.0544 e. The van der Waals surface area contributed by atoms with Gasteiger partial charge in [0.15, 0.2) is 0 Å². The third-order valence-electron chi connectivity index (χ3n) is 4.67. The summed E-state index contributed by atoms with van der Waals surface area (Å²) < 4.78 is 0. The van der Waals surface area contributed by atoms with Gasteiger partial charge in [0.25, 0.3) is 0 Å². The Bertz CT molecular complexity index is 533. The van der Waals surface area contributed by atoms with Crippen molar-refractivity contribution < 1.29 is 0 Å². The maximum absolute atomic E-state index is 4.45. The first-order valence-corrected chi connectivity index (χ1v) is 7.65. The summed E-state index contributed by atoms with van der Waals surface area (Å²) in [6.45, 7) is 4.36. The lowest BCUT2D eigenvalue weighted by molar-refractivity contribution is 0.117. The SMILES string of the molecule is c1ccc(CN2CC3CC2CN3Cc2cccnc2)nc1. The average molecular weight is 280 g/mol. The number of aromatic nitrogens is 2. The van der Waals surface area contributed by atoms with Crippen LogP contribution in [0, 0.1) is 0 Å². The molecule has 0 radical (unpaired) electrons. The zero-order chi connectivity index (χ0) is 14.1. The summed E-state index contributed by atoms with van der Waals surface area (Å²) in [7, 11) is 0. The van der Waals surface area contributed by atoms with Gasteiger partial charge in [-0.15, -0.1) is 0 Å². The molecule has 2 aliphatic rings. The van der Waals surface area contributed by atoms with E-state index in [0.717, 1.165) is 13.1 Å². The molecule has 4 rings (SSSR count). The van der Waals surface area contributed by atoms with Crippen LogP contribution < -0.4 is 0 Å². The number of rotatable bonds is 4. The van der Waals surface area contributed by atoms with Crippen LogP contribution in [0.1, 0.15) is 17.7 Å². The molecule has 2 aliphatic heterocycles. The predicted octanol–water partition coefficient (Wildman–Crippen LogP) is 1.94. The van der Waals surface area contributed by atoms with Crippen LogP contribution in [0.25, 0.3) is 0 Å². The highest BCUT2D eigenvalue weighted by Crippen LogP contribution is 2.32. The third kappa shape index (κ3) is 2.69. The van der Waals surface area contributed by atoms with Crippen molar-refractivity contribution in [1.82, 2.24) is 19.8 Å². The van der Waals surface area contributed by atoms with Gasteiger partial charge in [-0.3, -0.25) is 19.8 Å². The first kappa shape index (κ1) is 12.9. The van der Waals surface area contributed by atoms with Gasteiger partial charge < -0.3 is 0 Å². The van der Waals surface area contributed by atoms with Gasteiger partial charge >= 0.3 is 0 Å². The zero-order valence-corrected chi connectivity index (χ0v) is 12.1. The van der Waals surface area contributed by atoms with Gasteiger partial charge in [-0.2, -0.15) is 0 Å². The molecule has 21 heavy (non-hydrogen) atoms. The number of likely N-dealkylation sites (tertiary alicyclic amines) is 2. The Morgan fingerprint density at radius 3 is 2.48 bits per heavy atom. The lowest BCUT2D eigenvalue weighted by atomic mass is 10.2. The Morgan fingerprint density at radius 2 is 1.81 bits per heavy atom. The molecule has 2 bridgehead atoms. The van der Waals surface area contributed by atoms with Gasteiger partial charge in [0.2, 0.25) is 0 Å². The minimum Gasteiger partial charge on any atom is -0.293 e. The van der Waals surface area contributed by atoms with Crippen LogP contribution in [-0.4, -0.2) is 44.9 Å². The molecule has 2 saturated heterocycles. The molecule has 4 nitrogen and oxygen atoms in total. The van der Waals surface area contributed by atoms with Gasteiger partial charge in [-0.05, 0) is 30.2 Å². The predicted molar refractivity (Wildman–Crippen MR) is 81.5 cm³/mol. The Morgan fingerprint density at radius 1 is 0.952 bits per heavy atom. The van der Waals surface area contributed by atoms with Crippen molar-refractivity contribution in [1.29, 1.82) is 0 Å². The quantitative estimate of drug-likeness (QED) is 0.856. The van der Waals surface area contributed by atoms with Crippen molar-refractivity contribution in [2.24, 2.45) is 0 Å². The van der Waals surface area contributed by atoms with Gasteiger partial charge in [-0.25, -0.2) is 0 Å². The molecule has 4 heteroatoms. The van der Waals surface area contributed by atoms with Crippen molar-refractivity contribution in [3.05, 3.63) is 60.2 Å². The van der Waals surface area contributed by atoms with Crippen LogP contribution in [0.3, 0.4) is 0 Å². The minimum absolute atomic E-state index is 0.689. The molecule has 2 fully saturated rings. The van der Waals surface area contributed by atoms with E-state index >= 15 is 0 Å². The van der Waals surface area contributed by atoms with E-state index in [4.69, 9.17) is 0 Å². The van der Waals surface area contributed by atoms with E-state index in [0.29, 0.717) is 12.1 Å². The molecule has 2 aromatic rings. The van der Waals surface area contributed by atoms with E-state index in [9.17, 15) is 0 Å². The highest BCUT2D eigenvalue weighted by Gasteiger charge is 2.42. The summed E-state index contributed by atoms with van der Waals surface area (Å²) in [5, 5.41) is 0. The van der Waals surface area contributed by atoms with Gasteiger partial charge in [0.05, 0.1) is 5.69 Å². The fraction of sp³-hybridized carbons (Fsp3) is 0.412. The molecule has 2 atom stereocenters. The van der Waals surface area contributed by atoms with Crippen LogP contribution >= 0.6 is 0 Å². The van der Waals surface area contributed by atoms with E-state index in [1.165, 1.54) is 30.8 Å². The number of hydrogen-bond acceptors (Lipinski definition) is 4. The third-order valence-corrected chi connectivity index (χ3v) is 4.67. The standard InChI is InChI=1S/C17H20N4/c1-2-7-19-15(5-1)11-21-13-16-8-17(21)12-20(16)10-14-4-3-6-18-9-14/h1-7,9,16-17H,8,10-13H2. The molecule has 4 heterocycles. The maximum atomic E-state index is 4.45. The van der Waals surface area contributed by atoms with Crippen molar-refractivity contribution in [2.45, 2.75) is 31.6 Å². The molecule has 108 valence electrons. The fourth-order valence-corrected chi connectivity index (χ4v) is 3.64. The summed E-state index contributed by atoms with van der Waals surface area (Å²) in [6, 6.07) is 11.8. The first-order chi connectivity index (χ1) is 10.4. The number of hydrogen-bond donors (Lipinski definition) is 0. The topological polar surface area (TPSA) is 32.3 Å². The van der Waals surface area contributed by atoms with Gasteiger partial charge in [0, 0.05) is 56.9 Å². The van der Waals surface area contributed by atoms with Crippen LogP contribution in [0.5, 0.6) is 0 Å². The molecule has 2 aromatic heterocycles. The van der Waals surface area contributed by atoms with Crippen molar-refractivity contribution >= 4 is 0 Å². The van der Waals surface area contributed by atoms with Crippen molar-refractivity contribution in [3.8, 4) is 0 Å². The molecular weight excluding hydrogens is 260 g/mol. The van der Waals surface area contributed by atoms with E-state index in [-0.39, 0.29) is 0 Å². The lowest BCUT2D eigenvalue weighted by Gasteiger charge is -2.34. The Labute approximate surface area is 125 Å².